The molecule has 0 bridgehead atoms. The lowest BCUT2D eigenvalue weighted by Gasteiger charge is -2.09. The van der Waals surface area contributed by atoms with Gasteiger partial charge in [0.2, 0.25) is 0 Å². The maximum Gasteiger partial charge on any atom is 0.250 e. The number of carbonyl (C=O) groups excluding carboxylic acids is 1. The molecule has 6 nitrogen and oxygen atoms in total. The molecular weight excluding hydrogens is 230 g/mol. The van der Waals surface area contributed by atoms with Crippen LogP contribution in [0.15, 0.2) is 30.6 Å². The predicted octanol–water partition coefficient (Wildman–Crippen LogP) is 0.713. The summed E-state index contributed by atoms with van der Waals surface area (Å²) in [6, 6.07) is 5.03. The maximum absolute atomic E-state index is 11.3. The second kappa shape index (κ2) is 4.79. The highest BCUT2D eigenvalue weighted by atomic mass is 16.1. The molecule has 2 rings (SSSR count). The molecule has 18 heavy (non-hydrogen) atoms. The number of rotatable bonds is 4. The fraction of sp³-hybridized carbons (Fsp3) is 0.167. The number of nitrogens with zero attached hydrogens (tertiary/aromatic N) is 2. The summed E-state index contributed by atoms with van der Waals surface area (Å²) in [5.41, 5.74) is 13.5. The molecule has 0 saturated heterocycles. The molecule has 2 aromatic rings. The second-order valence-electron chi connectivity index (χ2n) is 4.05. The largest absolute Gasteiger partial charge is 0.399 e. The van der Waals surface area contributed by atoms with Crippen molar-refractivity contribution in [2.45, 2.75) is 6.54 Å². The normalized spacial score (nSPS) is 10.3. The Morgan fingerprint density at radius 1 is 1.50 bits per heavy atom. The molecule has 0 saturated carbocycles. The van der Waals surface area contributed by atoms with Crippen LogP contribution in [0.5, 0.6) is 0 Å². The highest BCUT2D eigenvalue weighted by molar-refractivity contribution is 5.99. The fourth-order valence-electron chi connectivity index (χ4n) is 1.68. The number of hydrogen-bond donors (Lipinski definition) is 3. The third kappa shape index (κ3) is 2.60. The molecule has 0 aliphatic rings. The SMILES string of the molecule is Cn1cc(CNc2ccc(N)cc2C(N)=O)cn1. The van der Waals surface area contributed by atoms with E-state index in [0.717, 1.165) is 5.56 Å². The molecule has 0 radical (unpaired) electrons. The zero-order chi connectivity index (χ0) is 13.1. The minimum Gasteiger partial charge on any atom is -0.399 e. The van der Waals surface area contributed by atoms with Gasteiger partial charge in [0.25, 0.3) is 5.91 Å². The van der Waals surface area contributed by atoms with Crippen molar-refractivity contribution in [3.8, 4) is 0 Å². The molecule has 0 unspecified atom stereocenters. The van der Waals surface area contributed by atoms with Gasteiger partial charge >= 0.3 is 0 Å². The van der Waals surface area contributed by atoms with Gasteiger partial charge in [-0.3, -0.25) is 9.48 Å². The van der Waals surface area contributed by atoms with Gasteiger partial charge in [0.15, 0.2) is 0 Å². The molecule has 94 valence electrons. The summed E-state index contributed by atoms with van der Waals surface area (Å²) in [6.45, 7) is 0.567. The predicted molar refractivity (Wildman–Crippen MR) is 69.9 cm³/mol. The molecule has 0 aliphatic carbocycles. The molecule has 0 spiro atoms. The first-order valence-electron chi connectivity index (χ1n) is 5.47. The van der Waals surface area contributed by atoms with Gasteiger partial charge in [0, 0.05) is 36.7 Å². The second-order valence-corrected chi connectivity index (χ2v) is 4.05. The van der Waals surface area contributed by atoms with Gasteiger partial charge in [-0.15, -0.1) is 0 Å². The van der Waals surface area contributed by atoms with Gasteiger partial charge in [-0.25, -0.2) is 0 Å². The Morgan fingerprint density at radius 3 is 2.89 bits per heavy atom. The average Bonchev–Trinajstić information content (AvgIpc) is 2.73. The zero-order valence-corrected chi connectivity index (χ0v) is 10.1. The number of aryl methyl sites for hydroxylation is 1. The molecule has 6 heteroatoms. The standard InChI is InChI=1S/C12H15N5O/c1-17-7-8(6-16-17)5-15-11-3-2-9(13)4-10(11)12(14)18/h2-4,6-7,15H,5,13H2,1H3,(H2,14,18). The van der Waals surface area contributed by atoms with Crippen molar-refractivity contribution in [1.82, 2.24) is 9.78 Å². The van der Waals surface area contributed by atoms with Gasteiger partial charge in [-0.2, -0.15) is 5.10 Å². The van der Waals surface area contributed by atoms with Gasteiger partial charge in [-0.1, -0.05) is 0 Å². The van der Waals surface area contributed by atoms with E-state index in [9.17, 15) is 4.79 Å². The lowest BCUT2D eigenvalue weighted by molar-refractivity contribution is 0.100. The van der Waals surface area contributed by atoms with E-state index in [1.807, 2.05) is 13.2 Å². The minimum atomic E-state index is -0.504. The number of benzene rings is 1. The first kappa shape index (κ1) is 12.0. The minimum absolute atomic E-state index is 0.388. The Kier molecular flexibility index (Phi) is 3.18. The topological polar surface area (TPSA) is 99.0 Å². The van der Waals surface area contributed by atoms with Crippen molar-refractivity contribution >= 4 is 17.3 Å². The lowest BCUT2D eigenvalue weighted by Crippen LogP contribution is -2.14. The van der Waals surface area contributed by atoms with Crippen molar-refractivity contribution in [3.63, 3.8) is 0 Å². The van der Waals surface area contributed by atoms with Crippen molar-refractivity contribution in [2.24, 2.45) is 12.8 Å². The van der Waals surface area contributed by atoms with Crippen molar-refractivity contribution in [2.75, 3.05) is 11.1 Å². The Balaban J connectivity index is 2.16. The first-order valence-corrected chi connectivity index (χ1v) is 5.47. The summed E-state index contributed by atoms with van der Waals surface area (Å²) in [5, 5.41) is 7.21. The number of primary amides is 1. The Hall–Kier alpha value is -2.50. The van der Waals surface area contributed by atoms with E-state index in [1.165, 1.54) is 0 Å². The van der Waals surface area contributed by atoms with Crippen molar-refractivity contribution in [1.29, 1.82) is 0 Å². The van der Waals surface area contributed by atoms with Gasteiger partial charge in [-0.05, 0) is 18.2 Å². The van der Waals surface area contributed by atoms with Crippen LogP contribution in [0, 0.1) is 0 Å². The summed E-state index contributed by atoms with van der Waals surface area (Å²) in [4.78, 5) is 11.3. The maximum atomic E-state index is 11.3. The fourth-order valence-corrected chi connectivity index (χ4v) is 1.68. The number of anilines is 2. The van der Waals surface area contributed by atoms with E-state index >= 15 is 0 Å². The summed E-state index contributed by atoms with van der Waals surface area (Å²) >= 11 is 0. The molecule has 0 fully saturated rings. The smallest absolute Gasteiger partial charge is 0.250 e. The van der Waals surface area contributed by atoms with Crippen LogP contribution in [0.4, 0.5) is 11.4 Å². The number of hydrogen-bond acceptors (Lipinski definition) is 4. The number of nitrogen functional groups attached to an aromatic ring is 1. The van der Waals surface area contributed by atoms with E-state index in [2.05, 4.69) is 10.4 Å². The highest BCUT2D eigenvalue weighted by Crippen LogP contribution is 2.19. The lowest BCUT2D eigenvalue weighted by atomic mass is 10.1. The van der Waals surface area contributed by atoms with Gasteiger partial charge in [0.05, 0.1) is 11.8 Å². The quantitative estimate of drug-likeness (QED) is 0.691. The molecule has 0 atom stereocenters. The van der Waals surface area contributed by atoms with Crippen LogP contribution in [0.2, 0.25) is 0 Å². The molecule has 1 amide bonds. The number of carbonyl (C=O) groups is 1. The zero-order valence-electron chi connectivity index (χ0n) is 10.1. The molecule has 1 heterocycles. The number of nitrogens with two attached hydrogens (primary N) is 2. The van der Waals surface area contributed by atoms with Crippen LogP contribution in [0.25, 0.3) is 0 Å². The third-order valence-electron chi connectivity index (χ3n) is 2.55. The first-order chi connectivity index (χ1) is 8.56. The molecule has 1 aromatic carbocycles. The molecular formula is C12H15N5O. The van der Waals surface area contributed by atoms with Crippen LogP contribution < -0.4 is 16.8 Å². The van der Waals surface area contributed by atoms with E-state index in [-0.39, 0.29) is 0 Å². The summed E-state index contributed by atoms with van der Waals surface area (Å²) in [7, 11) is 1.85. The molecule has 0 aliphatic heterocycles. The molecule has 5 N–H and O–H groups in total. The Bertz CT molecular complexity index is 576. The van der Waals surface area contributed by atoms with Crippen LogP contribution in [-0.2, 0) is 13.6 Å². The summed E-state index contributed by atoms with van der Waals surface area (Å²) in [6.07, 6.45) is 3.66. The van der Waals surface area contributed by atoms with Crippen molar-refractivity contribution < 1.29 is 4.79 Å². The number of amides is 1. The van der Waals surface area contributed by atoms with Crippen LogP contribution >= 0.6 is 0 Å². The highest BCUT2D eigenvalue weighted by Gasteiger charge is 2.08. The number of nitrogens with one attached hydrogen (secondary N) is 1. The van der Waals surface area contributed by atoms with Gasteiger partial charge < -0.3 is 16.8 Å². The molecule has 1 aromatic heterocycles. The monoisotopic (exact) mass is 245 g/mol. The summed E-state index contributed by atoms with van der Waals surface area (Å²) in [5.74, 6) is -0.504. The van der Waals surface area contributed by atoms with Crippen LogP contribution in [0.3, 0.4) is 0 Å². The van der Waals surface area contributed by atoms with E-state index in [0.29, 0.717) is 23.5 Å². The average molecular weight is 245 g/mol. The van der Waals surface area contributed by atoms with Crippen LogP contribution in [-0.4, -0.2) is 15.7 Å². The number of aromatic nitrogens is 2. The Labute approximate surface area is 105 Å². The summed E-state index contributed by atoms with van der Waals surface area (Å²) < 4.78 is 1.72. The van der Waals surface area contributed by atoms with E-state index < -0.39 is 5.91 Å². The third-order valence-corrected chi connectivity index (χ3v) is 2.55. The van der Waals surface area contributed by atoms with E-state index in [1.54, 1.807) is 29.1 Å². The van der Waals surface area contributed by atoms with Crippen molar-refractivity contribution in [3.05, 3.63) is 41.7 Å². The van der Waals surface area contributed by atoms with Crippen LogP contribution in [0.1, 0.15) is 15.9 Å². The van der Waals surface area contributed by atoms with Gasteiger partial charge in [0.1, 0.15) is 0 Å². The van der Waals surface area contributed by atoms with E-state index in [4.69, 9.17) is 11.5 Å². The Morgan fingerprint density at radius 2 is 2.28 bits per heavy atom.